The fourth-order valence-electron chi connectivity index (χ4n) is 3.28. The Morgan fingerprint density at radius 2 is 1.60 bits per heavy atom. The molecule has 4 saturated carbocycles. The van der Waals surface area contributed by atoms with Crippen molar-refractivity contribution in [3.63, 3.8) is 0 Å². The van der Waals surface area contributed by atoms with Crippen LogP contribution in [-0.4, -0.2) is 5.24 Å². The van der Waals surface area contributed by atoms with Crippen LogP contribution in [-0.2, 0) is 4.79 Å². The minimum atomic E-state index is -0.0556. The average Bonchev–Trinajstić information content (AvgIpc) is 2.44. The Bertz CT molecular complexity index is 191. The molecule has 0 spiro atoms. The van der Waals surface area contributed by atoms with Crippen molar-refractivity contribution in [1.29, 1.82) is 0 Å². The van der Waals surface area contributed by atoms with Crippen LogP contribution in [0.5, 0.6) is 0 Å². The Morgan fingerprint density at radius 1 is 1.20 bits per heavy atom. The molecule has 0 saturated heterocycles. The molecular formula is C8H9ClO. The fourth-order valence-corrected chi connectivity index (χ4v) is 3.51. The van der Waals surface area contributed by atoms with Crippen LogP contribution in [0.4, 0.5) is 0 Å². The summed E-state index contributed by atoms with van der Waals surface area (Å²) < 4.78 is 0. The van der Waals surface area contributed by atoms with Gasteiger partial charge in [0.25, 0.3) is 0 Å². The van der Waals surface area contributed by atoms with Gasteiger partial charge in [-0.25, -0.2) is 0 Å². The molecule has 1 nitrogen and oxygen atoms in total. The van der Waals surface area contributed by atoms with Crippen molar-refractivity contribution in [3.8, 4) is 0 Å². The molecule has 0 atom stereocenters. The Hall–Kier alpha value is -0.0400. The molecule has 2 heteroatoms. The van der Waals surface area contributed by atoms with E-state index in [4.69, 9.17) is 11.6 Å². The van der Waals surface area contributed by atoms with E-state index < -0.39 is 0 Å². The van der Waals surface area contributed by atoms with E-state index in [1.807, 2.05) is 0 Å². The number of halogens is 1. The Labute approximate surface area is 64.7 Å². The summed E-state index contributed by atoms with van der Waals surface area (Å²) in [5.41, 5.74) is -0.0262. The molecule has 0 aromatic carbocycles. The van der Waals surface area contributed by atoms with Crippen LogP contribution in [0.2, 0.25) is 0 Å². The van der Waals surface area contributed by atoms with Gasteiger partial charge in [-0.3, -0.25) is 4.79 Å². The highest BCUT2D eigenvalue weighted by Crippen LogP contribution is 2.76. The van der Waals surface area contributed by atoms with Crippen LogP contribution in [0.1, 0.15) is 19.3 Å². The predicted molar refractivity (Wildman–Crippen MR) is 37.6 cm³/mol. The van der Waals surface area contributed by atoms with Gasteiger partial charge in [-0.1, -0.05) is 0 Å². The van der Waals surface area contributed by atoms with E-state index in [9.17, 15) is 4.79 Å². The Morgan fingerprint density at radius 3 is 1.80 bits per heavy atom. The van der Waals surface area contributed by atoms with E-state index in [0.717, 1.165) is 37.0 Å². The van der Waals surface area contributed by atoms with Crippen LogP contribution in [0.3, 0.4) is 0 Å². The van der Waals surface area contributed by atoms with Crippen LogP contribution < -0.4 is 0 Å². The summed E-state index contributed by atoms with van der Waals surface area (Å²) in [6.07, 6.45) is 3.35. The van der Waals surface area contributed by atoms with Crippen molar-refractivity contribution in [2.75, 3.05) is 0 Å². The third kappa shape index (κ3) is 0.402. The molecule has 4 fully saturated rings. The monoisotopic (exact) mass is 156 g/mol. The highest BCUT2D eigenvalue weighted by molar-refractivity contribution is 6.64. The minimum Gasteiger partial charge on any atom is -0.281 e. The summed E-state index contributed by atoms with van der Waals surface area (Å²) in [6.45, 7) is 0. The van der Waals surface area contributed by atoms with E-state index in [0.29, 0.717) is 0 Å². The van der Waals surface area contributed by atoms with E-state index in [-0.39, 0.29) is 10.7 Å². The first-order chi connectivity index (χ1) is 4.73. The van der Waals surface area contributed by atoms with E-state index >= 15 is 0 Å². The molecular weight excluding hydrogens is 148 g/mol. The molecule has 4 bridgehead atoms. The summed E-state index contributed by atoms with van der Waals surface area (Å²) in [7, 11) is 0. The molecule has 4 rings (SSSR count). The van der Waals surface area contributed by atoms with E-state index in [1.54, 1.807) is 0 Å². The lowest BCUT2D eigenvalue weighted by Gasteiger charge is -2.16. The molecule has 10 heavy (non-hydrogen) atoms. The van der Waals surface area contributed by atoms with Crippen molar-refractivity contribution in [1.82, 2.24) is 0 Å². The molecule has 4 aliphatic rings. The first-order valence-electron chi connectivity index (χ1n) is 3.93. The molecule has 0 unspecified atom stereocenters. The molecule has 54 valence electrons. The summed E-state index contributed by atoms with van der Waals surface area (Å²) >= 11 is 5.54. The zero-order chi connectivity index (χ0) is 6.93. The fraction of sp³-hybridized carbons (Fsp3) is 0.875. The van der Waals surface area contributed by atoms with Gasteiger partial charge in [-0.15, -0.1) is 0 Å². The molecule has 0 aliphatic heterocycles. The van der Waals surface area contributed by atoms with Crippen LogP contribution >= 0.6 is 11.6 Å². The quantitative estimate of drug-likeness (QED) is 0.529. The van der Waals surface area contributed by atoms with Gasteiger partial charge in [0.1, 0.15) is 0 Å². The predicted octanol–water partition coefficient (Wildman–Crippen LogP) is 1.80. The minimum absolute atomic E-state index is 0.0262. The smallest absolute Gasteiger partial charge is 0.227 e. The van der Waals surface area contributed by atoms with Crippen LogP contribution in [0.25, 0.3) is 0 Å². The lowest BCUT2D eigenvalue weighted by atomic mass is 9.90. The number of hydrogen-bond acceptors (Lipinski definition) is 1. The van der Waals surface area contributed by atoms with Gasteiger partial charge >= 0.3 is 0 Å². The Kier molecular flexibility index (Phi) is 0.722. The van der Waals surface area contributed by atoms with Crippen LogP contribution in [0.15, 0.2) is 0 Å². The lowest BCUT2D eigenvalue weighted by molar-refractivity contribution is -0.119. The molecule has 0 N–H and O–H groups in total. The van der Waals surface area contributed by atoms with Crippen LogP contribution in [0, 0.1) is 23.2 Å². The third-order valence-electron chi connectivity index (χ3n) is 3.81. The molecule has 4 aliphatic carbocycles. The average molecular weight is 157 g/mol. The summed E-state index contributed by atoms with van der Waals surface area (Å²) in [5, 5.41) is -0.0556. The SMILES string of the molecule is O=C(Cl)C12CC3C(C1)C3C2. The van der Waals surface area contributed by atoms with Gasteiger partial charge in [0.15, 0.2) is 0 Å². The number of carbonyl (C=O) groups is 1. The third-order valence-corrected chi connectivity index (χ3v) is 4.21. The molecule has 0 heterocycles. The zero-order valence-corrected chi connectivity index (χ0v) is 6.40. The normalized spacial score (nSPS) is 61.1. The van der Waals surface area contributed by atoms with Gasteiger partial charge in [0, 0.05) is 5.41 Å². The van der Waals surface area contributed by atoms with Gasteiger partial charge < -0.3 is 0 Å². The maximum Gasteiger partial charge on any atom is 0.227 e. The number of carbonyl (C=O) groups excluding carboxylic acids is 1. The standard InChI is InChI=1S/C8H9ClO/c9-7(10)8-1-4-5(2-8)6(4)3-8/h4-6H,1-3H2. The lowest BCUT2D eigenvalue weighted by Crippen LogP contribution is -2.19. The highest BCUT2D eigenvalue weighted by Gasteiger charge is 2.71. The maximum absolute atomic E-state index is 11.0. The second-order valence-electron chi connectivity index (χ2n) is 4.16. The van der Waals surface area contributed by atoms with Gasteiger partial charge in [-0.2, -0.15) is 0 Å². The van der Waals surface area contributed by atoms with E-state index in [2.05, 4.69) is 0 Å². The molecule has 0 aromatic rings. The first kappa shape index (κ1) is 5.59. The first-order valence-corrected chi connectivity index (χ1v) is 4.31. The molecule has 0 radical (unpaired) electrons. The van der Waals surface area contributed by atoms with Crippen molar-refractivity contribution in [2.24, 2.45) is 23.2 Å². The second-order valence-corrected chi connectivity index (χ2v) is 4.50. The van der Waals surface area contributed by atoms with E-state index in [1.165, 1.54) is 0 Å². The summed E-state index contributed by atoms with van der Waals surface area (Å²) in [5.74, 6) is 2.72. The topological polar surface area (TPSA) is 17.1 Å². The van der Waals surface area contributed by atoms with Crippen molar-refractivity contribution < 1.29 is 4.79 Å². The van der Waals surface area contributed by atoms with Gasteiger partial charge in [0.2, 0.25) is 5.24 Å². The maximum atomic E-state index is 11.0. The Balaban J connectivity index is 2.03. The van der Waals surface area contributed by atoms with Crippen molar-refractivity contribution >= 4 is 16.8 Å². The number of hydrogen-bond donors (Lipinski definition) is 0. The second kappa shape index (κ2) is 1.29. The van der Waals surface area contributed by atoms with Gasteiger partial charge in [0.05, 0.1) is 0 Å². The summed E-state index contributed by atoms with van der Waals surface area (Å²) in [4.78, 5) is 11.0. The number of rotatable bonds is 1. The molecule has 0 aromatic heterocycles. The van der Waals surface area contributed by atoms with Crippen molar-refractivity contribution in [3.05, 3.63) is 0 Å². The zero-order valence-electron chi connectivity index (χ0n) is 5.64. The highest BCUT2D eigenvalue weighted by atomic mass is 35.5. The van der Waals surface area contributed by atoms with Gasteiger partial charge in [-0.05, 0) is 48.6 Å². The molecule has 0 amide bonds. The largest absolute Gasteiger partial charge is 0.281 e. The summed E-state index contributed by atoms with van der Waals surface area (Å²) in [6, 6.07) is 0. The van der Waals surface area contributed by atoms with Crippen molar-refractivity contribution in [2.45, 2.75) is 19.3 Å².